The second-order valence-electron chi connectivity index (χ2n) is 4.01. The summed E-state index contributed by atoms with van der Waals surface area (Å²) in [6, 6.07) is 3.86. The molecule has 1 aromatic heterocycles. The molecule has 94 valence electrons. The van der Waals surface area contributed by atoms with Gasteiger partial charge in [0.15, 0.2) is 5.96 Å². The lowest BCUT2D eigenvalue weighted by molar-refractivity contribution is 0.00529. The number of nitrogens with zero attached hydrogens (tertiary/aromatic N) is 2. The van der Waals surface area contributed by atoms with Crippen LogP contribution in [-0.2, 0) is 11.3 Å². The van der Waals surface area contributed by atoms with E-state index >= 15 is 0 Å². The van der Waals surface area contributed by atoms with E-state index in [1.165, 1.54) is 11.3 Å². The van der Waals surface area contributed by atoms with Gasteiger partial charge in [-0.15, -0.1) is 11.3 Å². The zero-order valence-corrected chi connectivity index (χ0v) is 11.3. The highest BCUT2D eigenvalue weighted by atomic mass is 35.5. The van der Waals surface area contributed by atoms with E-state index in [1.807, 2.05) is 19.1 Å². The highest BCUT2D eigenvalue weighted by Crippen LogP contribution is 2.21. The molecule has 0 spiro atoms. The summed E-state index contributed by atoms with van der Waals surface area (Å²) in [5.41, 5.74) is 5.96. The van der Waals surface area contributed by atoms with Crippen LogP contribution >= 0.6 is 22.9 Å². The number of hydrogen-bond donors (Lipinski definition) is 1. The molecule has 4 nitrogen and oxygen atoms in total. The van der Waals surface area contributed by atoms with Gasteiger partial charge in [-0.25, -0.2) is 4.99 Å². The summed E-state index contributed by atoms with van der Waals surface area (Å²) in [6.45, 7) is 4.96. The van der Waals surface area contributed by atoms with Crippen molar-refractivity contribution in [2.75, 3.05) is 19.7 Å². The van der Waals surface area contributed by atoms with Crippen molar-refractivity contribution >= 4 is 28.9 Å². The molecular weight excluding hydrogens is 258 g/mol. The van der Waals surface area contributed by atoms with Crippen molar-refractivity contribution in [1.82, 2.24) is 4.90 Å². The summed E-state index contributed by atoms with van der Waals surface area (Å²) in [6.07, 6.45) is 0.216. The Hall–Kier alpha value is -0.780. The number of ether oxygens (including phenoxy) is 1. The molecule has 0 radical (unpaired) electrons. The minimum absolute atomic E-state index is 0.216. The van der Waals surface area contributed by atoms with Gasteiger partial charge >= 0.3 is 0 Å². The standard InChI is InChI=1S/C11H16ClN3OS/c1-8-7-15(4-5-16-8)11(13)14-6-9-2-3-10(12)17-9/h2-3,8H,4-7H2,1H3,(H2,13,14). The summed E-state index contributed by atoms with van der Waals surface area (Å²) in [4.78, 5) is 7.57. The maximum Gasteiger partial charge on any atom is 0.191 e. The van der Waals surface area contributed by atoms with E-state index in [4.69, 9.17) is 22.1 Å². The van der Waals surface area contributed by atoms with Crippen LogP contribution in [0.3, 0.4) is 0 Å². The van der Waals surface area contributed by atoms with Crippen molar-refractivity contribution in [3.8, 4) is 0 Å². The second kappa shape index (κ2) is 5.71. The van der Waals surface area contributed by atoms with Gasteiger partial charge in [0, 0.05) is 18.0 Å². The highest BCUT2D eigenvalue weighted by Gasteiger charge is 2.17. The van der Waals surface area contributed by atoms with E-state index < -0.39 is 0 Å². The zero-order chi connectivity index (χ0) is 12.3. The van der Waals surface area contributed by atoms with Crippen LogP contribution in [0.5, 0.6) is 0 Å². The molecule has 1 saturated heterocycles. The van der Waals surface area contributed by atoms with Crippen LogP contribution in [0.4, 0.5) is 0 Å². The predicted molar refractivity (Wildman–Crippen MR) is 71.6 cm³/mol. The fraction of sp³-hybridized carbons (Fsp3) is 0.545. The molecule has 0 bridgehead atoms. The molecule has 2 N–H and O–H groups in total. The highest BCUT2D eigenvalue weighted by molar-refractivity contribution is 7.16. The number of thiophene rings is 1. The largest absolute Gasteiger partial charge is 0.375 e. The normalized spacial score (nSPS) is 21.9. The minimum Gasteiger partial charge on any atom is -0.375 e. The summed E-state index contributed by atoms with van der Waals surface area (Å²) in [5.74, 6) is 0.588. The van der Waals surface area contributed by atoms with E-state index in [2.05, 4.69) is 9.89 Å². The molecule has 0 amide bonds. The summed E-state index contributed by atoms with van der Waals surface area (Å²) in [7, 11) is 0. The van der Waals surface area contributed by atoms with Crippen LogP contribution < -0.4 is 5.73 Å². The average molecular weight is 274 g/mol. The topological polar surface area (TPSA) is 50.8 Å². The quantitative estimate of drug-likeness (QED) is 0.662. The molecule has 1 atom stereocenters. The number of aliphatic imine (C=N–C) groups is 1. The molecule has 1 aliphatic heterocycles. The van der Waals surface area contributed by atoms with E-state index in [9.17, 15) is 0 Å². The number of nitrogens with two attached hydrogens (primary N) is 1. The molecular formula is C11H16ClN3OS. The van der Waals surface area contributed by atoms with Crippen molar-refractivity contribution < 1.29 is 4.74 Å². The predicted octanol–water partition coefficient (Wildman–Crippen LogP) is 1.94. The molecule has 1 aromatic rings. The van der Waals surface area contributed by atoms with Crippen molar-refractivity contribution in [2.24, 2.45) is 10.7 Å². The first-order chi connectivity index (χ1) is 8.15. The van der Waals surface area contributed by atoms with Gasteiger partial charge < -0.3 is 15.4 Å². The molecule has 17 heavy (non-hydrogen) atoms. The van der Waals surface area contributed by atoms with Crippen molar-refractivity contribution in [3.63, 3.8) is 0 Å². The third-order valence-corrected chi connectivity index (χ3v) is 3.81. The Morgan fingerprint density at radius 3 is 3.18 bits per heavy atom. The zero-order valence-electron chi connectivity index (χ0n) is 9.73. The molecule has 1 unspecified atom stereocenters. The van der Waals surface area contributed by atoms with Crippen LogP contribution in [0.15, 0.2) is 17.1 Å². The van der Waals surface area contributed by atoms with Crippen LogP contribution in [0.1, 0.15) is 11.8 Å². The van der Waals surface area contributed by atoms with Gasteiger partial charge in [-0.05, 0) is 19.1 Å². The van der Waals surface area contributed by atoms with Crippen LogP contribution in [-0.4, -0.2) is 36.7 Å². The van der Waals surface area contributed by atoms with Gasteiger partial charge in [-0.2, -0.15) is 0 Å². The maximum absolute atomic E-state index is 5.96. The first-order valence-electron chi connectivity index (χ1n) is 5.56. The van der Waals surface area contributed by atoms with E-state index in [1.54, 1.807) is 0 Å². The van der Waals surface area contributed by atoms with Gasteiger partial charge in [-0.1, -0.05) is 11.6 Å². The minimum atomic E-state index is 0.216. The average Bonchev–Trinajstić information content (AvgIpc) is 2.72. The Kier molecular flexibility index (Phi) is 4.25. The summed E-state index contributed by atoms with van der Waals surface area (Å²) < 4.78 is 6.24. The Morgan fingerprint density at radius 1 is 1.71 bits per heavy atom. The fourth-order valence-corrected chi connectivity index (χ4v) is 2.73. The van der Waals surface area contributed by atoms with Crippen LogP contribution in [0.2, 0.25) is 4.34 Å². The summed E-state index contributed by atoms with van der Waals surface area (Å²) >= 11 is 7.39. The lowest BCUT2D eigenvalue weighted by Gasteiger charge is -2.31. The number of morpholine rings is 1. The van der Waals surface area contributed by atoms with Gasteiger partial charge in [0.2, 0.25) is 0 Å². The van der Waals surface area contributed by atoms with Crippen molar-refractivity contribution in [2.45, 2.75) is 19.6 Å². The lowest BCUT2D eigenvalue weighted by atomic mass is 10.3. The molecule has 1 fully saturated rings. The molecule has 2 rings (SSSR count). The van der Waals surface area contributed by atoms with Crippen molar-refractivity contribution in [3.05, 3.63) is 21.3 Å². The molecule has 2 heterocycles. The first kappa shape index (κ1) is 12.7. The van der Waals surface area contributed by atoms with Gasteiger partial charge in [0.25, 0.3) is 0 Å². The van der Waals surface area contributed by atoms with Gasteiger partial charge in [0.05, 0.1) is 23.6 Å². The Balaban J connectivity index is 1.92. The van der Waals surface area contributed by atoms with Gasteiger partial charge in [-0.3, -0.25) is 0 Å². The number of guanidine groups is 1. The third kappa shape index (κ3) is 3.59. The number of rotatable bonds is 2. The fourth-order valence-electron chi connectivity index (χ4n) is 1.72. The van der Waals surface area contributed by atoms with Crippen molar-refractivity contribution in [1.29, 1.82) is 0 Å². The van der Waals surface area contributed by atoms with Crippen LogP contribution in [0, 0.1) is 0 Å². The second-order valence-corrected chi connectivity index (χ2v) is 5.81. The Labute approximate surface area is 110 Å². The molecule has 6 heteroatoms. The third-order valence-electron chi connectivity index (χ3n) is 2.59. The lowest BCUT2D eigenvalue weighted by Crippen LogP contribution is -2.47. The number of halogens is 1. The van der Waals surface area contributed by atoms with Crippen LogP contribution in [0.25, 0.3) is 0 Å². The first-order valence-corrected chi connectivity index (χ1v) is 6.75. The van der Waals surface area contributed by atoms with E-state index in [0.717, 1.165) is 22.3 Å². The SMILES string of the molecule is CC1CN(C(N)=NCc2ccc(Cl)s2)CCO1. The summed E-state index contributed by atoms with van der Waals surface area (Å²) in [5, 5.41) is 0. The Bertz CT molecular complexity index is 407. The maximum atomic E-state index is 5.96. The monoisotopic (exact) mass is 273 g/mol. The van der Waals surface area contributed by atoms with E-state index in [0.29, 0.717) is 19.1 Å². The molecule has 1 aliphatic rings. The van der Waals surface area contributed by atoms with E-state index in [-0.39, 0.29) is 6.10 Å². The Morgan fingerprint density at radius 2 is 2.53 bits per heavy atom. The number of hydrogen-bond acceptors (Lipinski definition) is 3. The smallest absolute Gasteiger partial charge is 0.191 e. The van der Waals surface area contributed by atoms with Gasteiger partial charge in [0.1, 0.15) is 0 Å². The molecule has 0 aliphatic carbocycles. The molecule has 0 aromatic carbocycles. The molecule has 0 saturated carbocycles.